The summed E-state index contributed by atoms with van der Waals surface area (Å²) in [6.07, 6.45) is 26.4. The lowest BCUT2D eigenvalue weighted by Crippen LogP contribution is -2.32. The molecule has 0 aliphatic rings. The third kappa shape index (κ3) is 40.4. The fourth-order valence-corrected chi connectivity index (χ4v) is 9.79. The van der Waals surface area contributed by atoms with Gasteiger partial charge < -0.3 is 28.6 Å². The average Bonchev–Trinajstić information content (AvgIpc) is 3.28. The Bertz CT molecular complexity index is 1060. The van der Waals surface area contributed by atoms with Crippen LogP contribution in [-0.4, -0.2) is 122 Å². The van der Waals surface area contributed by atoms with Gasteiger partial charge in [-0.15, -0.1) is 0 Å². The van der Waals surface area contributed by atoms with E-state index in [1.54, 1.807) is 35.3 Å². The molecule has 14 heteroatoms. The van der Waals surface area contributed by atoms with Crippen molar-refractivity contribution in [2.75, 3.05) is 87.7 Å². The summed E-state index contributed by atoms with van der Waals surface area (Å²) in [4.78, 5) is 63.9. The summed E-state index contributed by atoms with van der Waals surface area (Å²) in [7, 11) is 1.37. The van der Waals surface area contributed by atoms with Gasteiger partial charge in [0.05, 0.1) is 37.7 Å². The van der Waals surface area contributed by atoms with Gasteiger partial charge in [-0.25, -0.2) is 0 Å². The maximum atomic E-state index is 12.6. The number of hydrogen-bond donors (Lipinski definition) is 0. The first kappa shape index (κ1) is 61.4. The molecule has 0 bridgehead atoms. The Morgan fingerprint density at radius 1 is 0.413 bits per heavy atom. The Kier molecular flexibility index (Phi) is 44.3. The van der Waals surface area contributed by atoms with E-state index < -0.39 is 11.9 Å². The van der Waals surface area contributed by atoms with Crippen LogP contribution >= 0.6 is 35.3 Å². The summed E-state index contributed by atoms with van der Waals surface area (Å²) in [5.41, 5.74) is 0. The van der Waals surface area contributed by atoms with Crippen LogP contribution in [0, 0.1) is 17.8 Å². The Hall–Kier alpha value is -1.64. The molecule has 3 atom stereocenters. The van der Waals surface area contributed by atoms with Gasteiger partial charge in [-0.2, -0.15) is 35.3 Å². The van der Waals surface area contributed by atoms with Crippen molar-refractivity contribution in [3.05, 3.63) is 0 Å². The fraction of sp³-hybridized carbons (Fsp3) is 0.898. The summed E-state index contributed by atoms with van der Waals surface area (Å²) in [5.74, 6) is 2.45. The van der Waals surface area contributed by atoms with Crippen LogP contribution in [0.3, 0.4) is 0 Å². The number of carbonyl (C=O) groups excluding carboxylic acids is 5. The van der Waals surface area contributed by atoms with Gasteiger partial charge in [0.15, 0.2) is 0 Å². The van der Waals surface area contributed by atoms with Gasteiger partial charge >= 0.3 is 29.8 Å². The molecule has 0 aromatic heterocycles. The summed E-state index contributed by atoms with van der Waals surface area (Å²) in [5, 5.41) is 0. The standard InChI is InChI=1S/C49H91NO10S3/c1-7-9-11-13-15-17-19-21-23-25-36-61-40-43(4)48(54)59-34-32-57-45(51)27-29-50(31-38-63-39-42(3)47(53)56-6)30-28-46(52)58-33-35-60-49(55)44(5)41-62-37-26-24-22-20-18-16-14-12-10-8-2/h42-44H,7-41H2,1-6H3. The van der Waals surface area contributed by atoms with Gasteiger partial charge in [0.2, 0.25) is 0 Å². The van der Waals surface area contributed by atoms with Gasteiger partial charge in [0.1, 0.15) is 26.4 Å². The number of carbonyl (C=O) groups is 5. The molecule has 0 rings (SSSR count). The second-order valence-electron chi connectivity index (χ2n) is 16.9. The number of esters is 5. The topological polar surface area (TPSA) is 135 Å². The molecule has 0 amide bonds. The van der Waals surface area contributed by atoms with Crippen molar-refractivity contribution in [3.8, 4) is 0 Å². The van der Waals surface area contributed by atoms with E-state index in [0.29, 0.717) is 42.6 Å². The van der Waals surface area contributed by atoms with E-state index in [4.69, 9.17) is 23.7 Å². The molecule has 0 fully saturated rings. The van der Waals surface area contributed by atoms with E-state index in [2.05, 4.69) is 13.8 Å². The molecule has 0 saturated carbocycles. The number of methoxy groups -OCH3 is 1. The first-order valence-corrected chi connectivity index (χ1v) is 28.2. The van der Waals surface area contributed by atoms with Crippen LogP contribution in [0.4, 0.5) is 0 Å². The molecule has 0 aromatic carbocycles. The average molecular weight is 950 g/mol. The fourth-order valence-electron chi connectivity index (χ4n) is 6.62. The van der Waals surface area contributed by atoms with Crippen molar-refractivity contribution >= 4 is 65.1 Å². The molecule has 0 radical (unpaired) electrons. The van der Waals surface area contributed by atoms with Gasteiger partial charge in [-0.05, 0) is 24.3 Å². The normalized spacial score (nSPS) is 12.7. The van der Waals surface area contributed by atoms with Crippen LogP contribution in [0.15, 0.2) is 0 Å². The van der Waals surface area contributed by atoms with E-state index in [9.17, 15) is 24.0 Å². The molecule has 0 aliphatic heterocycles. The molecule has 370 valence electrons. The molecule has 63 heavy (non-hydrogen) atoms. The monoisotopic (exact) mass is 950 g/mol. The summed E-state index contributed by atoms with van der Waals surface area (Å²) >= 11 is 5.17. The second-order valence-corrected chi connectivity index (χ2v) is 20.4. The van der Waals surface area contributed by atoms with Crippen LogP contribution in [0.1, 0.15) is 176 Å². The zero-order valence-corrected chi connectivity index (χ0v) is 43.2. The number of unbranched alkanes of at least 4 members (excludes halogenated alkanes) is 18. The van der Waals surface area contributed by atoms with Crippen molar-refractivity contribution in [1.29, 1.82) is 0 Å². The third-order valence-corrected chi connectivity index (χ3v) is 14.6. The smallest absolute Gasteiger partial charge is 0.309 e. The molecule has 0 aromatic rings. The summed E-state index contributed by atoms with van der Waals surface area (Å²) in [6, 6.07) is 0. The minimum atomic E-state index is -0.418. The minimum absolute atomic E-state index is 0.00915. The minimum Gasteiger partial charge on any atom is -0.469 e. The lowest BCUT2D eigenvalue weighted by Gasteiger charge is -2.21. The molecule has 0 aliphatic carbocycles. The van der Waals surface area contributed by atoms with Gasteiger partial charge in [0.25, 0.3) is 0 Å². The number of nitrogens with zero attached hydrogens (tertiary/aromatic N) is 1. The lowest BCUT2D eigenvalue weighted by atomic mass is 10.1. The number of hydrogen-bond acceptors (Lipinski definition) is 14. The largest absolute Gasteiger partial charge is 0.469 e. The molecule has 0 saturated heterocycles. The SMILES string of the molecule is CCCCCCCCCCCCSCC(C)C(=O)OCCOC(=O)CCN(CCSCC(C)C(=O)OC)CCC(=O)OCCOC(=O)C(C)CSCCCCCCCCCCCC. The highest BCUT2D eigenvalue weighted by molar-refractivity contribution is 7.99. The van der Waals surface area contributed by atoms with Crippen molar-refractivity contribution in [2.24, 2.45) is 17.8 Å². The molecule has 11 nitrogen and oxygen atoms in total. The molecule has 0 N–H and O–H groups in total. The van der Waals surface area contributed by atoms with Crippen LogP contribution in [0.5, 0.6) is 0 Å². The molecule has 0 spiro atoms. The Morgan fingerprint density at radius 2 is 0.730 bits per heavy atom. The molecule has 3 unspecified atom stereocenters. The van der Waals surface area contributed by atoms with E-state index in [1.165, 1.54) is 136 Å². The van der Waals surface area contributed by atoms with E-state index in [-0.39, 0.29) is 74.9 Å². The molecular weight excluding hydrogens is 859 g/mol. The Balaban J connectivity index is 4.35. The van der Waals surface area contributed by atoms with Crippen molar-refractivity contribution in [1.82, 2.24) is 4.90 Å². The van der Waals surface area contributed by atoms with Crippen LogP contribution in [-0.2, 0) is 47.7 Å². The molecular formula is C49H91NO10S3. The lowest BCUT2D eigenvalue weighted by molar-refractivity contribution is -0.154. The predicted molar refractivity (Wildman–Crippen MR) is 265 cm³/mol. The Morgan fingerprint density at radius 3 is 1.10 bits per heavy atom. The highest BCUT2D eigenvalue weighted by Gasteiger charge is 2.18. The molecule has 0 heterocycles. The number of thioether (sulfide) groups is 3. The first-order valence-electron chi connectivity index (χ1n) is 24.7. The summed E-state index contributed by atoms with van der Waals surface area (Å²) < 4.78 is 26.2. The highest BCUT2D eigenvalue weighted by atomic mass is 32.2. The van der Waals surface area contributed by atoms with E-state index in [0.717, 1.165) is 11.5 Å². The van der Waals surface area contributed by atoms with Gasteiger partial charge in [-0.3, -0.25) is 24.0 Å². The van der Waals surface area contributed by atoms with Crippen molar-refractivity contribution in [3.63, 3.8) is 0 Å². The third-order valence-electron chi connectivity index (χ3n) is 10.8. The zero-order chi connectivity index (χ0) is 46.6. The van der Waals surface area contributed by atoms with Crippen LogP contribution in [0.25, 0.3) is 0 Å². The maximum Gasteiger partial charge on any atom is 0.309 e. The second kappa shape index (κ2) is 45.5. The van der Waals surface area contributed by atoms with Gasteiger partial charge in [-0.1, -0.05) is 150 Å². The van der Waals surface area contributed by atoms with Crippen LogP contribution < -0.4 is 0 Å². The number of ether oxygens (including phenoxy) is 5. The quantitative estimate of drug-likeness (QED) is 0.0325. The zero-order valence-electron chi connectivity index (χ0n) is 40.7. The van der Waals surface area contributed by atoms with Gasteiger partial charge in [0, 0.05) is 42.6 Å². The van der Waals surface area contributed by atoms with Crippen molar-refractivity contribution in [2.45, 2.75) is 176 Å². The Labute approximate surface area is 397 Å². The van der Waals surface area contributed by atoms with E-state index in [1.807, 2.05) is 25.7 Å². The predicted octanol–water partition coefficient (Wildman–Crippen LogP) is 11.4. The summed E-state index contributed by atoms with van der Waals surface area (Å²) in [6.45, 7) is 11.3. The van der Waals surface area contributed by atoms with Crippen molar-refractivity contribution < 1.29 is 47.7 Å². The van der Waals surface area contributed by atoms with E-state index >= 15 is 0 Å². The van der Waals surface area contributed by atoms with Crippen LogP contribution in [0.2, 0.25) is 0 Å². The highest BCUT2D eigenvalue weighted by Crippen LogP contribution is 2.17. The maximum absolute atomic E-state index is 12.6. The number of rotatable bonds is 46. The first-order chi connectivity index (χ1) is 30.5.